The molecule has 7 nitrogen and oxygen atoms in total. The molecule has 0 bridgehead atoms. The van der Waals surface area contributed by atoms with Gasteiger partial charge in [0.05, 0.1) is 12.2 Å². The van der Waals surface area contributed by atoms with Crippen molar-refractivity contribution in [2.45, 2.75) is 45.3 Å². The van der Waals surface area contributed by atoms with Gasteiger partial charge in [-0.15, -0.1) is 0 Å². The number of fused-ring (bicyclic) bond motifs is 1. The van der Waals surface area contributed by atoms with Gasteiger partial charge in [0, 0.05) is 45.3 Å². The molecule has 7 heteroatoms. The summed E-state index contributed by atoms with van der Waals surface area (Å²) in [6.07, 6.45) is 3.73. The van der Waals surface area contributed by atoms with Crippen molar-refractivity contribution in [1.82, 2.24) is 19.6 Å². The molecule has 0 spiro atoms. The van der Waals surface area contributed by atoms with Crippen LogP contribution in [0.25, 0.3) is 0 Å². The van der Waals surface area contributed by atoms with Crippen molar-refractivity contribution in [3.05, 3.63) is 51.3 Å². The normalized spacial score (nSPS) is 19.5. The molecule has 1 saturated heterocycles. The predicted molar refractivity (Wildman–Crippen MR) is 106 cm³/mol. The van der Waals surface area contributed by atoms with Crippen LogP contribution in [0, 0.1) is 6.92 Å². The number of furan rings is 1. The minimum absolute atomic E-state index is 0.0242. The van der Waals surface area contributed by atoms with Gasteiger partial charge in [-0.1, -0.05) is 0 Å². The fraction of sp³-hybridized carbons (Fsp3) is 0.619. The van der Waals surface area contributed by atoms with Crippen molar-refractivity contribution in [2.75, 3.05) is 39.3 Å². The zero-order valence-electron chi connectivity index (χ0n) is 16.6. The van der Waals surface area contributed by atoms with Gasteiger partial charge < -0.3 is 9.52 Å². The quantitative estimate of drug-likeness (QED) is 0.808. The van der Waals surface area contributed by atoms with Gasteiger partial charge in [-0.25, -0.2) is 4.68 Å². The molecule has 0 amide bonds. The Balaban J connectivity index is 1.25. The van der Waals surface area contributed by atoms with Crippen LogP contribution in [0.1, 0.15) is 41.7 Å². The van der Waals surface area contributed by atoms with Crippen LogP contribution in [-0.2, 0) is 19.4 Å². The summed E-state index contributed by atoms with van der Waals surface area (Å²) in [5, 5.41) is 14.9. The molecule has 2 aromatic heterocycles. The molecular formula is C21H30N4O3. The second-order valence-electron chi connectivity index (χ2n) is 7.99. The van der Waals surface area contributed by atoms with Crippen LogP contribution in [0.4, 0.5) is 0 Å². The monoisotopic (exact) mass is 386 g/mol. The predicted octanol–water partition coefficient (Wildman–Crippen LogP) is 1.37. The highest BCUT2D eigenvalue weighted by Gasteiger charge is 2.21. The van der Waals surface area contributed by atoms with E-state index in [2.05, 4.69) is 14.9 Å². The van der Waals surface area contributed by atoms with Gasteiger partial charge in [0.25, 0.3) is 5.56 Å². The Morgan fingerprint density at radius 3 is 2.61 bits per heavy atom. The van der Waals surface area contributed by atoms with Gasteiger partial charge in [0.1, 0.15) is 17.6 Å². The summed E-state index contributed by atoms with van der Waals surface area (Å²) in [6, 6.07) is 5.52. The average Bonchev–Trinajstić information content (AvgIpc) is 3.14. The molecule has 1 aliphatic heterocycles. The van der Waals surface area contributed by atoms with Crippen LogP contribution in [0.15, 0.2) is 27.4 Å². The summed E-state index contributed by atoms with van der Waals surface area (Å²) in [6.45, 7) is 7.63. The maximum absolute atomic E-state index is 12.3. The first-order valence-electron chi connectivity index (χ1n) is 10.4. The molecule has 4 rings (SSSR count). The SMILES string of the molecule is Cc1ccc(C(O)CN2CCN(CCn3nc4c(cc3=O)CCCC4)CC2)o1. The Morgan fingerprint density at radius 1 is 1.11 bits per heavy atom. The van der Waals surface area contributed by atoms with Gasteiger partial charge in [0.2, 0.25) is 0 Å². The van der Waals surface area contributed by atoms with Crippen LogP contribution < -0.4 is 5.56 Å². The Kier molecular flexibility index (Phi) is 5.94. The fourth-order valence-corrected chi connectivity index (χ4v) is 4.16. The van der Waals surface area contributed by atoms with E-state index in [1.54, 1.807) is 10.7 Å². The van der Waals surface area contributed by atoms with Gasteiger partial charge >= 0.3 is 0 Å². The average molecular weight is 386 g/mol. The molecule has 0 saturated carbocycles. The summed E-state index contributed by atoms with van der Waals surface area (Å²) in [5.41, 5.74) is 2.28. The van der Waals surface area contributed by atoms with E-state index in [4.69, 9.17) is 4.42 Å². The number of aliphatic hydroxyl groups is 1. The molecule has 1 N–H and O–H groups in total. The Hall–Kier alpha value is -1.96. The standard InChI is InChI=1S/C21H30N4O3/c1-16-6-7-20(28-16)19(26)15-24-10-8-23(9-11-24)12-13-25-21(27)14-17-4-2-3-5-18(17)22-25/h6-7,14,19,26H,2-5,8-13,15H2,1H3. The van der Waals surface area contributed by atoms with E-state index in [1.165, 1.54) is 6.42 Å². The zero-order chi connectivity index (χ0) is 19.5. The first kappa shape index (κ1) is 19.4. The molecule has 1 unspecified atom stereocenters. The van der Waals surface area contributed by atoms with Crippen LogP contribution in [-0.4, -0.2) is 64.0 Å². The number of aryl methyl sites for hydroxylation is 3. The number of hydrogen-bond acceptors (Lipinski definition) is 6. The lowest BCUT2D eigenvalue weighted by Crippen LogP contribution is -2.48. The molecule has 1 atom stereocenters. The lowest BCUT2D eigenvalue weighted by molar-refractivity contribution is 0.0601. The molecule has 152 valence electrons. The van der Waals surface area contributed by atoms with Crippen molar-refractivity contribution < 1.29 is 9.52 Å². The lowest BCUT2D eigenvalue weighted by Gasteiger charge is -2.35. The van der Waals surface area contributed by atoms with E-state index in [-0.39, 0.29) is 5.56 Å². The third-order valence-electron chi connectivity index (χ3n) is 5.89. The third kappa shape index (κ3) is 4.54. The van der Waals surface area contributed by atoms with Crippen LogP contribution in [0.5, 0.6) is 0 Å². The van der Waals surface area contributed by atoms with Crippen LogP contribution in [0.2, 0.25) is 0 Å². The first-order chi connectivity index (χ1) is 13.6. The largest absolute Gasteiger partial charge is 0.464 e. The van der Waals surface area contributed by atoms with Gasteiger partial charge in [-0.05, 0) is 50.3 Å². The van der Waals surface area contributed by atoms with Crippen molar-refractivity contribution in [2.24, 2.45) is 0 Å². The number of aliphatic hydroxyl groups excluding tert-OH is 1. The van der Waals surface area contributed by atoms with Crippen LogP contribution in [0.3, 0.4) is 0 Å². The fourth-order valence-electron chi connectivity index (χ4n) is 4.16. The Morgan fingerprint density at radius 2 is 1.86 bits per heavy atom. The molecule has 3 heterocycles. The number of nitrogens with zero attached hydrogens (tertiary/aromatic N) is 4. The molecule has 2 aromatic rings. The van der Waals surface area contributed by atoms with E-state index in [9.17, 15) is 9.90 Å². The molecule has 0 aromatic carbocycles. The smallest absolute Gasteiger partial charge is 0.267 e. The van der Waals surface area contributed by atoms with Crippen LogP contribution >= 0.6 is 0 Å². The van der Waals surface area contributed by atoms with E-state index >= 15 is 0 Å². The molecular weight excluding hydrogens is 356 g/mol. The Bertz CT molecular complexity index is 852. The summed E-state index contributed by atoms with van der Waals surface area (Å²) in [7, 11) is 0. The minimum Gasteiger partial charge on any atom is -0.464 e. The molecule has 2 aliphatic rings. The van der Waals surface area contributed by atoms with Crippen molar-refractivity contribution in [3.63, 3.8) is 0 Å². The lowest BCUT2D eigenvalue weighted by atomic mass is 9.97. The van der Waals surface area contributed by atoms with E-state index in [0.717, 1.165) is 69.0 Å². The number of β-amino-alcohol motifs (C(OH)–C–C–N with tert-alkyl or cyclic N) is 1. The highest BCUT2D eigenvalue weighted by Crippen LogP contribution is 2.18. The molecule has 1 fully saturated rings. The highest BCUT2D eigenvalue weighted by atomic mass is 16.4. The molecule has 0 radical (unpaired) electrons. The summed E-state index contributed by atoms with van der Waals surface area (Å²) >= 11 is 0. The van der Waals surface area contributed by atoms with Crippen molar-refractivity contribution in [1.29, 1.82) is 0 Å². The van der Waals surface area contributed by atoms with Crippen molar-refractivity contribution in [3.8, 4) is 0 Å². The highest BCUT2D eigenvalue weighted by molar-refractivity contribution is 5.20. The number of hydrogen-bond donors (Lipinski definition) is 1. The van der Waals surface area contributed by atoms with Gasteiger partial charge in [-0.2, -0.15) is 5.10 Å². The maximum Gasteiger partial charge on any atom is 0.267 e. The third-order valence-corrected chi connectivity index (χ3v) is 5.89. The van der Waals surface area contributed by atoms with E-state index in [0.29, 0.717) is 18.8 Å². The van der Waals surface area contributed by atoms with Crippen molar-refractivity contribution >= 4 is 0 Å². The Labute approximate surface area is 165 Å². The summed E-state index contributed by atoms with van der Waals surface area (Å²) in [4.78, 5) is 16.9. The minimum atomic E-state index is -0.585. The van der Waals surface area contributed by atoms with E-state index < -0.39 is 6.10 Å². The second kappa shape index (κ2) is 8.59. The van der Waals surface area contributed by atoms with E-state index in [1.807, 2.05) is 19.1 Å². The topological polar surface area (TPSA) is 74.7 Å². The first-order valence-corrected chi connectivity index (χ1v) is 10.4. The molecule has 28 heavy (non-hydrogen) atoms. The zero-order valence-corrected chi connectivity index (χ0v) is 16.6. The molecule has 1 aliphatic carbocycles. The second-order valence-corrected chi connectivity index (χ2v) is 7.99. The number of piperazine rings is 1. The van der Waals surface area contributed by atoms with Gasteiger partial charge in [-0.3, -0.25) is 14.6 Å². The van der Waals surface area contributed by atoms with Gasteiger partial charge in [0.15, 0.2) is 0 Å². The maximum atomic E-state index is 12.3. The summed E-state index contributed by atoms with van der Waals surface area (Å²) in [5.74, 6) is 1.46. The number of aromatic nitrogens is 2. The number of rotatable bonds is 6. The summed E-state index contributed by atoms with van der Waals surface area (Å²) < 4.78 is 7.16.